The predicted molar refractivity (Wildman–Crippen MR) is 78.0 cm³/mol. The normalized spacial score (nSPS) is 15.7. The summed E-state index contributed by atoms with van der Waals surface area (Å²) in [6.45, 7) is 1.08. The molecular weight excluding hydrogens is 305 g/mol. The fourth-order valence-corrected chi connectivity index (χ4v) is 3.01. The van der Waals surface area contributed by atoms with Crippen LogP contribution in [0.5, 0.6) is 0 Å². The molecule has 0 unspecified atom stereocenters. The second-order valence-electron chi connectivity index (χ2n) is 4.28. The van der Waals surface area contributed by atoms with E-state index in [1.807, 2.05) is 6.07 Å². The summed E-state index contributed by atoms with van der Waals surface area (Å²) in [7, 11) is 0. The maximum absolute atomic E-state index is 12.0. The number of amides is 1. The first-order valence-electron chi connectivity index (χ1n) is 5.93. The van der Waals surface area contributed by atoms with Crippen LogP contribution in [0.1, 0.15) is 12.8 Å². The van der Waals surface area contributed by atoms with Crippen LogP contribution in [0.4, 0.5) is 0 Å². The van der Waals surface area contributed by atoms with E-state index in [1.54, 1.807) is 17.0 Å². The lowest BCUT2D eigenvalue weighted by Crippen LogP contribution is -2.39. The zero-order valence-electron chi connectivity index (χ0n) is 10.2. The molecule has 1 heterocycles. The zero-order valence-corrected chi connectivity index (χ0v) is 12.5. The van der Waals surface area contributed by atoms with Crippen molar-refractivity contribution in [1.29, 1.82) is 0 Å². The van der Waals surface area contributed by atoms with E-state index in [1.165, 1.54) is 11.8 Å². The molecule has 1 amide bonds. The molecule has 3 nitrogen and oxygen atoms in total. The van der Waals surface area contributed by atoms with Crippen LogP contribution in [0.15, 0.2) is 23.1 Å². The monoisotopic (exact) mass is 317 g/mol. The number of rotatable bonds is 3. The minimum Gasteiger partial charge on any atom is -0.341 e. The Labute approximate surface area is 126 Å². The Hall–Kier alpha value is -0.710. The minimum absolute atomic E-state index is 0.0589. The molecule has 1 aliphatic heterocycles. The van der Waals surface area contributed by atoms with E-state index in [0.717, 1.165) is 4.90 Å². The molecule has 0 spiro atoms. The van der Waals surface area contributed by atoms with Crippen molar-refractivity contribution < 1.29 is 9.59 Å². The minimum atomic E-state index is 0.0589. The largest absolute Gasteiger partial charge is 0.341 e. The van der Waals surface area contributed by atoms with Crippen LogP contribution in [0.3, 0.4) is 0 Å². The molecule has 0 aromatic heterocycles. The number of carbonyl (C=O) groups is 2. The maximum atomic E-state index is 12.0. The molecule has 2 rings (SSSR count). The summed E-state index contributed by atoms with van der Waals surface area (Å²) in [5.74, 6) is 0.649. The topological polar surface area (TPSA) is 37.4 Å². The summed E-state index contributed by atoms with van der Waals surface area (Å²) in [4.78, 5) is 25.7. The number of nitrogens with zero attached hydrogens (tertiary/aromatic N) is 1. The molecule has 0 bridgehead atoms. The standard InChI is InChI=1S/C13H13Cl2NO2S/c14-11-2-1-10(7-12(11)15)19-8-13(18)16-5-3-9(17)4-6-16/h1-2,7H,3-6,8H2. The molecule has 1 aromatic carbocycles. The van der Waals surface area contributed by atoms with E-state index in [2.05, 4.69) is 0 Å². The molecule has 1 saturated heterocycles. The SMILES string of the molecule is O=C1CCN(C(=O)CSc2ccc(Cl)c(Cl)c2)CC1. The van der Waals surface area contributed by atoms with Crippen LogP contribution in [0.2, 0.25) is 10.0 Å². The van der Waals surface area contributed by atoms with Gasteiger partial charge in [-0.3, -0.25) is 9.59 Å². The van der Waals surface area contributed by atoms with E-state index in [0.29, 0.717) is 41.7 Å². The van der Waals surface area contributed by atoms with Gasteiger partial charge in [0.05, 0.1) is 15.8 Å². The van der Waals surface area contributed by atoms with Gasteiger partial charge in [-0.15, -0.1) is 11.8 Å². The fraction of sp³-hybridized carbons (Fsp3) is 0.385. The highest BCUT2D eigenvalue weighted by Crippen LogP contribution is 2.28. The number of ketones is 1. The van der Waals surface area contributed by atoms with Crippen LogP contribution in [0.25, 0.3) is 0 Å². The van der Waals surface area contributed by atoms with Gasteiger partial charge in [-0.1, -0.05) is 23.2 Å². The van der Waals surface area contributed by atoms with Crippen molar-refractivity contribution in [2.24, 2.45) is 0 Å². The lowest BCUT2D eigenvalue weighted by atomic mass is 10.1. The Balaban J connectivity index is 1.86. The van der Waals surface area contributed by atoms with Gasteiger partial charge in [-0.25, -0.2) is 0 Å². The smallest absolute Gasteiger partial charge is 0.232 e. The number of likely N-dealkylation sites (tertiary alicyclic amines) is 1. The molecule has 102 valence electrons. The number of hydrogen-bond donors (Lipinski definition) is 0. The molecule has 1 aliphatic rings. The molecule has 0 atom stereocenters. The maximum Gasteiger partial charge on any atom is 0.232 e. The van der Waals surface area contributed by atoms with Gasteiger partial charge in [0.1, 0.15) is 5.78 Å². The third-order valence-electron chi connectivity index (χ3n) is 2.93. The van der Waals surface area contributed by atoms with Gasteiger partial charge in [-0.05, 0) is 18.2 Å². The predicted octanol–water partition coefficient (Wildman–Crippen LogP) is 3.28. The van der Waals surface area contributed by atoms with Gasteiger partial charge in [0.25, 0.3) is 0 Å². The number of thioether (sulfide) groups is 1. The van der Waals surface area contributed by atoms with Crippen molar-refractivity contribution in [2.45, 2.75) is 17.7 Å². The summed E-state index contributed by atoms with van der Waals surface area (Å²) in [6.07, 6.45) is 0.951. The van der Waals surface area contributed by atoms with E-state index >= 15 is 0 Å². The second kappa shape index (κ2) is 6.64. The first-order valence-corrected chi connectivity index (χ1v) is 7.68. The second-order valence-corrected chi connectivity index (χ2v) is 6.15. The van der Waals surface area contributed by atoms with E-state index in [9.17, 15) is 9.59 Å². The Morgan fingerprint density at radius 3 is 2.53 bits per heavy atom. The van der Waals surface area contributed by atoms with Crippen LogP contribution < -0.4 is 0 Å². The van der Waals surface area contributed by atoms with Gasteiger partial charge in [0, 0.05) is 30.8 Å². The summed E-state index contributed by atoms with van der Waals surface area (Å²) in [6, 6.07) is 5.31. The molecule has 0 aliphatic carbocycles. The lowest BCUT2D eigenvalue weighted by molar-refractivity contribution is -0.132. The van der Waals surface area contributed by atoms with Crippen molar-refractivity contribution in [3.05, 3.63) is 28.2 Å². The summed E-state index contributed by atoms with van der Waals surface area (Å²) < 4.78 is 0. The van der Waals surface area contributed by atoms with Gasteiger partial charge >= 0.3 is 0 Å². The first kappa shape index (κ1) is 14.7. The van der Waals surface area contributed by atoms with Crippen molar-refractivity contribution >= 4 is 46.7 Å². The molecule has 0 N–H and O–H groups in total. The Morgan fingerprint density at radius 1 is 1.21 bits per heavy atom. The van der Waals surface area contributed by atoms with E-state index in [4.69, 9.17) is 23.2 Å². The number of halogens is 2. The highest BCUT2D eigenvalue weighted by Gasteiger charge is 2.20. The molecule has 0 saturated carbocycles. The Kier molecular flexibility index (Phi) is 5.13. The van der Waals surface area contributed by atoms with Crippen LogP contribution in [0, 0.1) is 0 Å². The van der Waals surface area contributed by atoms with Crippen molar-refractivity contribution in [3.63, 3.8) is 0 Å². The van der Waals surface area contributed by atoms with E-state index in [-0.39, 0.29) is 11.7 Å². The highest BCUT2D eigenvalue weighted by atomic mass is 35.5. The quantitative estimate of drug-likeness (QED) is 0.803. The zero-order chi connectivity index (χ0) is 13.8. The fourth-order valence-electron chi connectivity index (χ4n) is 1.81. The molecular formula is C13H13Cl2NO2S. The summed E-state index contributed by atoms with van der Waals surface area (Å²) in [5.41, 5.74) is 0. The Morgan fingerprint density at radius 2 is 1.89 bits per heavy atom. The first-order chi connectivity index (χ1) is 9.06. The molecule has 0 radical (unpaired) electrons. The molecule has 1 aromatic rings. The molecule has 1 fully saturated rings. The van der Waals surface area contributed by atoms with Gasteiger partial charge in [0.2, 0.25) is 5.91 Å². The Bertz CT molecular complexity index is 497. The number of Topliss-reactive ketones (excluding diaryl/α,β-unsaturated/α-hetero) is 1. The average molecular weight is 318 g/mol. The third kappa shape index (κ3) is 4.13. The van der Waals surface area contributed by atoms with E-state index < -0.39 is 0 Å². The van der Waals surface area contributed by atoms with Crippen molar-refractivity contribution in [3.8, 4) is 0 Å². The number of piperidine rings is 1. The van der Waals surface area contributed by atoms with Crippen molar-refractivity contribution in [1.82, 2.24) is 4.90 Å². The van der Waals surface area contributed by atoms with Crippen LogP contribution >= 0.6 is 35.0 Å². The number of benzene rings is 1. The number of carbonyl (C=O) groups excluding carboxylic acids is 2. The van der Waals surface area contributed by atoms with Gasteiger partial charge in [0.15, 0.2) is 0 Å². The van der Waals surface area contributed by atoms with Crippen LogP contribution in [-0.4, -0.2) is 35.4 Å². The van der Waals surface area contributed by atoms with Gasteiger partial charge in [-0.2, -0.15) is 0 Å². The number of hydrogen-bond acceptors (Lipinski definition) is 3. The summed E-state index contributed by atoms with van der Waals surface area (Å²) in [5, 5.41) is 0.995. The van der Waals surface area contributed by atoms with Crippen molar-refractivity contribution in [2.75, 3.05) is 18.8 Å². The third-order valence-corrected chi connectivity index (χ3v) is 4.64. The van der Waals surface area contributed by atoms with Crippen LogP contribution in [-0.2, 0) is 9.59 Å². The summed E-state index contributed by atoms with van der Waals surface area (Å²) >= 11 is 13.2. The van der Waals surface area contributed by atoms with Gasteiger partial charge < -0.3 is 4.90 Å². The molecule has 19 heavy (non-hydrogen) atoms. The molecule has 6 heteroatoms. The highest BCUT2D eigenvalue weighted by molar-refractivity contribution is 8.00. The average Bonchev–Trinajstić information content (AvgIpc) is 2.40. The lowest BCUT2D eigenvalue weighted by Gasteiger charge is -2.25.